The zero-order valence-corrected chi connectivity index (χ0v) is 18.9. The van der Waals surface area contributed by atoms with E-state index in [-0.39, 0.29) is 5.91 Å². The Morgan fingerprint density at radius 2 is 1.77 bits per heavy atom. The van der Waals surface area contributed by atoms with Crippen molar-refractivity contribution >= 4 is 33.1 Å². The predicted molar refractivity (Wildman–Crippen MR) is 117 cm³/mol. The first kappa shape index (κ1) is 21.4. The summed E-state index contributed by atoms with van der Waals surface area (Å²) in [6.45, 7) is 5.45. The van der Waals surface area contributed by atoms with Crippen molar-refractivity contribution in [1.29, 1.82) is 0 Å². The van der Waals surface area contributed by atoms with Gasteiger partial charge in [0.25, 0.3) is 10.0 Å². The first-order valence-electron chi connectivity index (χ1n) is 9.77. The maximum Gasteiger partial charge on any atom is 0.252 e. The quantitative estimate of drug-likeness (QED) is 0.586. The van der Waals surface area contributed by atoms with Crippen molar-refractivity contribution in [1.82, 2.24) is 29.6 Å². The van der Waals surface area contributed by atoms with Crippen molar-refractivity contribution in [2.75, 3.05) is 31.1 Å². The summed E-state index contributed by atoms with van der Waals surface area (Å²) in [5.41, 5.74) is 0.899. The molecule has 3 aromatic rings. The molecule has 164 valence electrons. The van der Waals surface area contributed by atoms with Crippen LogP contribution in [-0.2, 0) is 21.4 Å². The molecule has 0 aliphatic carbocycles. The Morgan fingerprint density at radius 1 is 1.06 bits per heavy atom. The fourth-order valence-electron chi connectivity index (χ4n) is 3.24. The van der Waals surface area contributed by atoms with Crippen molar-refractivity contribution in [3.8, 4) is 5.82 Å². The van der Waals surface area contributed by atoms with Gasteiger partial charge in [-0.25, -0.2) is 13.1 Å². The number of carbonyl (C=O) groups excluding carboxylic acids is 1. The van der Waals surface area contributed by atoms with Gasteiger partial charge in [-0.15, -0.1) is 21.5 Å². The fourth-order valence-corrected chi connectivity index (χ4v) is 6.11. The van der Waals surface area contributed by atoms with E-state index in [0.29, 0.717) is 48.6 Å². The topological polar surface area (TPSA) is 113 Å². The van der Waals surface area contributed by atoms with E-state index in [4.69, 9.17) is 0 Å². The summed E-state index contributed by atoms with van der Waals surface area (Å²) in [7, 11) is -3.56. The first-order chi connectivity index (χ1) is 14.8. The van der Waals surface area contributed by atoms with Crippen LogP contribution in [0.2, 0.25) is 0 Å². The van der Waals surface area contributed by atoms with E-state index >= 15 is 0 Å². The first-order valence-corrected chi connectivity index (χ1v) is 12.0. The van der Waals surface area contributed by atoms with E-state index in [2.05, 4.69) is 20.6 Å². The van der Waals surface area contributed by atoms with Gasteiger partial charge in [0.15, 0.2) is 11.6 Å². The van der Waals surface area contributed by atoms with Crippen LogP contribution < -0.4 is 10.2 Å². The normalized spacial score (nSPS) is 15.2. The van der Waals surface area contributed by atoms with E-state index in [1.54, 1.807) is 16.8 Å². The van der Waals surface area contributed by atoms with Crippen molar-refractivity contribution < 1.29 is 13.2 Å². The molecule has 10 nitrogen and oxygen atoms in total. The van der Waals surface area contributed by atoms with Gasteiger partial charge in [0.1, 0.15) is 4.21 Å². The van der Waals surface area contributed by atoms with Gasteiger partial charge in [0, 0.05) is 44.2 Å². The summed E-state index contributed by atoms with van der Waals surface area (Å²) in [5, 5.41) is 15.5. The lowest BCUT2D eigenvalue weighted by Gasteiger charge is -2.34. The van der Waals surface area contributed by atoms with E-state index in [1.165, 1.54) is 22.6 Å². The number of nitrogens with zero attached hydrogens (tertiary/aromatic N) is 6. The van der Waals surface area contributed by atoms with Crippen LogP contribution in [-0.4, -0.2) is 64.8 Å². The number of sulfonamides is 1. The minimum atomic E-state index is -3.56. The predicted octanol–water partition coefficient (Wildman–Crippen LogP) is 1.18. The Balaban J connectivity index is 1.38. The smallest absolute Gasteiger partial charge is 0.252 e. The molecule has 31 heavy (non-hydrogen) atoms. The number of amides is 1. The van der Waals surface area contributed by atoms with Crippen LogP contribution in [0.1, 0.15) is 17.5 Å². The van der Waals surface area contributed by atoms with Gasteiger partial charge >= 0.3 is 0 Å². The molecule has 0 radical (unpaired) electrons. The summed E-state index contributed by atoms with van der Waals surface area (Å²) in [6.07, 6.45) is 1.83. The van der Waals surface area contributed by atoms with Crippen LogP contribution in [0.3, 0.4) is 0 Å². The van der Waals surface area contributed by atoms with Crippen LogP contribution in [0.5, 0.6) is 0 Å². The molecule has 1 fully saturated rings. The maximum absolute atomic E-state index is 13.0. The second kappa shape index (κ2) is 8.73. The third kappa shape index (κ3) is 4.75. The molecule has 0 bridgehead atoms. The Bertz CT molecular complexity index is 1160. The van der Waals surface area contributed by atoms with Gasteiger partial charge in [-0.1, -0.05) is 0 Å². The van der Waals surface area contributed by atoms with Crippen molar-refractivity contribution in [2.24, 2.45) is 0 Å². The molecule has 4 rings (SSSR count). The molecule has 1 aliphatic heterocycles. The number of hydrogen-bond acceptors (Lipinski definition) is 8. The van der Waals surface area contributed by atoms with Crippen molar-refractivity contribution in [3.05, 3.63) is 47.1 Å². The van der Waals surface area contributed by atoms with Gasteiger partial charge < -0.3 is 10.2 Å². The van der Waals surface area contributed by atoms with Gasteiger partial charge in [-0.05, 0) is 37.3 Å². The lowest BCUT2D eigenvalue weighted by atomic mass is 10.3. The van der Waals surface area contributed by atoms with Crippen LogP contribution >= 0.6 is 11.3 Å². The zero-order chi connectivity index (χ0) is 22.0. The van der Waals surface area contributed by atoms with Gasteiger partial charge in [-0.2, -0.15) is 9.40 Å². The lowest BCUT2D eigenvalue weighted by Crippen LogP contribution is -2.48. The molecule has 4 heterocycles. The molecule has 0 saturated carbocycles. The van der Waals surface area contributed by atoms with E-state index in [9.17, 15) is 13.2 Å². The molecule has 3 aromatic heterocycles. The number of anilines is 1. The molecule has 12 heteroatoms. The highest BCUT2D eigenvalue weighted by molar-refractivity contribution is 7.91. The SMILES string of the molecule is CC(=O)NCc1ccc(S(=O)(=O)N2CCN(c3ccc(-n4ccc(C)n4)nn3)CC2)s1. The van der Waals surface area contributed by atoms with Gasteiger partial charge in [-0.3, -0.25) is 4.79 Å². The highest BCUT2D eigenvalue weighted by Crippen LogP contribution is 2.26. The second-order valence-electron chi connectivity index (χ2n) is 7.17. The largest absolute Gasteiger partial charge is 0.352 e. The highest BCUT2D eigenvalue weighted by atomic mass is 32.2. The van der Waals surface area contributed by atoms with E-state index in [1.807, 2.05) is 36.2 Å². The Kier molecular flexibility index (Phi) is 6.03. The number of thiophene rings is 1. The van der Waals surface area contributed by atoms with Crippen molar-refractivity contribution in [3.63, 3.8) is 0 Å². The fraction of sp³-hybridized carbons (Fsp3) is 0.368. The Labute approximate surface area is 184 Å². The molecule has 1 aliphatic rings. The summed E-state index contributed by atoms with van der Waals surface area (Å²) < 4.78 is 29.4. The molecule has 1 saturated heterocycles. The molecule has 1 amide bonds. The van der Waals surface area contributed by atoms with Crippen LogP contribution in [0.25, 0.3) is 5.82 Å². The molecule has 0 spiro atoms. The van der Waals surface area contributed by atoms with Crippen molar-refractivity contribution in [2.45, 2.75) is 24.6 Å². The second-order valence-corrected chi connectivity index (χ2v) is 10.5. The number of piperazine rings is 1. The number of hydrogen-bond donors (Lipinski definition) is 1. The minimum absolute atomic E-state index is 0.148. The molecule has 1 N–H and O–H groups in total. The summed E-state index contributed by atoms with van der Waals surface area (Å²) >= 11 is 1.19. The third-order valence-electron chi connectivity index (χ3n) is 4.90. The zero-order valence-electron chi connectivity index (χ0n) is 17.2. The Morgan fingerprint density at radius 3 is 2.39 bits per heavy atom. The molecule has 0 atom stereocenters. The van der Waals surface area contributed by atoms with Crippen LogP contribution in [0.15, 0.2) is 40.7 Å². The molecule has 0 aromatic carbocycles. The van der Waals surface area contributed by atoms with E-state index in [0.717, 1.165) is 10.6 Å². The Hall–Kier alpha value is -2.83. The number of nitrogens with one attached hydrogen (secondary N) is 1. The summed E-state index contributed by atoms with van der Waals surface area (Å²) in [4.78, 5) is 13.9. The van der Waals surface area contributed by atoms with Crippen LogP contribution in [0.4, 0.5) is 5.82 Å². The number of rotatable bonds is 6. The molecular weight excluding hydrogens is 438 g/mol. The van der Waals surface area contributed by atoms with Gasteiger partial charge in [0.2, 0.25) is 5.91 Å². The average Bonchev–Trinajstić information content (AvgIpc) is 3.42. The number of aryl methyl sites for hydroxylation is 1. The number of aromatic nitrogens is 4. The average molecular weight is 462 g/mol. The standard InChI is InChI=1S/C19H23N7O3S2/c1-14-7-8-26(23-14)18-5-4-17(21-22-18)24-9-11-25(12-10-24)31(28,29)19-6-3-16(30-19)13-20-15(2)27/h3-8H,9-13H2,1-2H3,(H,20,27). The van der Waals surface area contributed by atoms with Crippen LogP contribution in [0, 0.1) is 6.92 Å². The minimum Gasteiger partial charge on any atom is -0.352 e. The van der Waals surface area contributed by atoms with Gasteiger partial charge in [0.05, 0.1) is 12.2 Å². The monoisotopic (exact) mass is 461 g/mol. The third-order valence-corrected chi connectivity index (χ3v) is 8.35. The molecule has 0 unspecified atom stereocenters. The maximum atomic E-state index is 13.0. The summed E-state index contributed by atoms with van der Waals surface area (Å²) in [5.74, 6) is 1.19. The number of carbonyl (C=O) groups is 1. The summed E-state index contributed by atoms with van der Waals surface area (Å²) in [6, 6.07) is 8.95. The van der Waals surface area contributed by atoms with E-state index < -0.39 is 10.0 Å². The lowest BCUT2D eigenvalue weighted by molar-refractivity contribution is -0.119. The highest BCUT2D eigenvalue weighted by Gasteiger charge is 2.30. The molecular formula is C19H23N7O3S2.